The van der Waals surface area contributed by atoms with E-state index in [4.69, 9.17) is 0 Å². The smallest absolute Gasteiger partial charge is 0.360 e. The molecule has 1 N–H and O–H groups in total. The number of rotatable bonds is 4. The van der Waals surface area contributed by atoms with Crippen LogP contribution in [0, 0.1) is 40.9 Å². The number of nitrogens with zero attached hydrogens (tertiary/aromatic N) is 2. The maximum atomic E-state index is 13.5. The predicted octanol–water partition coefficient (Wildman–Crippen LogP) is 6.70. The van der Waals surface area contributed by atoms with Gasteiger partial charge in [-0.2, -0.15) is 0 Å². The van der Waals surface area contributed by atoms with E-state index in [9.17, 15) is 14.7 Å². The second-order valence-electron chi connectivity index (χ2n) is 12.9. The zero-order valence-electron chi connectivity index (χ0n) is 21.3. The molecule has 0 aliphatic heterocycles. The van der Waals surface area contributed by atoms with Crippen molar-refractivity contribution in [2.45, 2.75) is 90.5 Å². The van der Waals surface area contributed by atoms with E-state index >= 15 is 0 Å². The standard InChI is InChI=1S/C30H40N2O3/c1-18-10-19(2)30(16-18)17-24(15-23(30)14-22-12-20-6-5-7-21(11-20)13-22)32-26-9-4-3-8-25(26)31-27(28(32)33)29(34)35/h3-4,8-9,18-24H,5-7,10-17H2,1-2H3,(H,34,35)/t18-,19-,20?,21?,22?,23-,24-,30?/m1/s1. The molecule has 6 rings (SSSR count). The first-order valence-corrected chi connectivity index (χ1v) is 14.1. The van der Waals surface area contributed by atoms with Crippen LogP contribution >= 0.6 is 0 Å². The molecule has 4 fully saturated rings. The van der Waals surface area contributed by atoms with Gasteiger partial charge < -0.3 is 9.67 Å². The van der Waals surface area contributed by atoms with Crippen molar-refractivity contribution in [1.29, 1.82) is 0 Å². The lowest BCUT2D eigenvalue weighted by Crippen LogP contribution is -2.33. The molecule has 5 heteroatoms. The van der Waals surface area contributed by atoms with Crippen molar-refractivity contribution in [2.75, 3.05) is 0 Å². The van der Waals surface area contributed by atoms with Crippen molar-refractivity contribution in [2.24, 2.45) is 40.9 Å². The molecule has 2 bridgehead atoms. The van der Waals surface area contributed by atoms with Gasteiger partial charge in [0.25, 0.3) is 5.56 Å². The highest BCUT2D eigenvalue weighted by Crippen LogP contribution is 2.64. The van der Waals surface area contributed by atoms with Crippen molar-refractivity contribution in [1.82, 2.24) is 9.55 Å². The fourth-order valence-corrected chi connectivity index (χ4v) is 9.52. The summed E-state index contributed by atoms with van der Waals surface area (Å²) in [6.45, 7) is 4.85. The number of hydrogen-bond donors (Lipinski definition) is 1. The van der Waals surface area contributed by atoms with Crippen LogP contribution in [0.25, 0.3) is 11.0 Å². The molecular formula is C30H40N2O3. The number of carbonyl (C=O) groups is 1. The topological polar surface area (TPSA) is 72.2 Å². The zero-order chi connectivity index (χ0) is 24.3. The molecule has 4 aliphatic carbocycles. The number of para-hydroxylation sites is 2. The Morgan fingerprint density at radius 2 is 1.80 bits per heavy atom. The summed E-state index contributed by atoms with van der Waals surface area (Å²) < 4.78 is 1.83. The lowest BCUT2D eigenvalue weighted by molar-refractivity contribution is 0.0687. The van der Waals surface area contributed by atoms with E-state index in [-0.39, 0.29) is 17.2 Å². The summed E-state index contributed by atoms with van der Waals surface area (Å²) >= 11 is 0. The Hall–Kier alpha value is -2.17. The molecule has 188 valence electrons. The molecule has 7 atom stereocenters. The summed E-state index contributed by atoms with van der Waals surface area (Å²) in [7, 11) is 0. The first kappa shape index (κ1) is 23.2. The Morgan fingerprint density at radius 1 is 1.06 bits per heavy atom. The minimum Gasteiger partial charge on any atom is -0.476 e. The normalized spacial score (nSPS) is 38.9. The Morgan fingerprint density at radius 3 is 2.49 bits per heavy atom. The number of carboxylic acid groups (broad SMARTS) is 1. The summed E-state index contributed by atoms with van der Waals surface area (Å²) in [6.07, 6.45) is 14.3. The van der Waals surface area contributed by atoms with E-state index in [1.54, 1.807) is 0 Å². The van der Waals surface area contributed by atoms with Crippen molar-refractivity contribution in [3.05, 3.63) is 40.3 Å². The Kier molecular flexibility index (Phi) is 5.80. The van der Waals surface area contributed by atoms with Gasteiger partial charge in [-0.15, -0.1) is 0 Å². The number of benzene rings is 1. The summed E-state index contributed by atoms with van der Waals surface area (Å²) in [5.41, 5.74) is 0.894. The SMILES string of the molecule is C[C@@H]1C[C@@H](C)C2(C1)C[C@H](n1c(=O)c(C(=O)O)nc3ccccc31)C[C@H]2CC1CC2CCCC(C2)C1. The molecule has 5 nitrogen and oxygen atoms in total. The van der Waals surface area contributed by atoms with Crippen LogP contribution in [0.1, 0.15) is 101 Å². The van der Waals surface area contributed by atoms with Crippen molar-refractivity contribution >= 4 is 17.0 Å². The second kappa shape index (κ2) is 8.74. The van der Waals surface area contributed by atoms with Crippen LogP contribution < -0.4 is 5.56 Å². The molecule has 0 saturated heterocycles. The van der Waals surface area contributed by atoms with Gasteiger partial charge in [0.15, 0.2) is 0 Å². The van der Waals surface area contributed by atoms with Crippen LogP contribution in [0.15, 0.2) is 29.1 Å². The molecular weight excluding hydrogens is 436 g/mol. The average Bonchev–Trinajstić information content (AvgIpc) is 3.30. The summed E-state index contributed by atoms with van der Waals surface area (Å²) in [4.78, 5) is 29.7. The Balaban J connectivity index is 1.38. The quantitative estimate of drug-likeness (QED) is 0.533. The minimum atomic E-state index is -1.23. The number of aromatic carboxylic acids is 1. The van der Waals surface area contributed by atoms with Crippen LogP contribution in [0.3, 0.4) is 0 Å². The molecule has 35 heavy (non-hydrogen) atoms. The number of hydrogen-bond acceptors (Lipinski definition) is 3. The van der Waals surface area contributed by atoms with E-state index < -0.39 is 11.5 Å². The molecule has 4 aliphatic rings. The van der Waals surface area contributed by atoms with E-state index in [0.717, 1.165) is 42.0 Å². The van der Waals surface area contributed by atoms with E-state index in [1.807, 2.05) is 28.8 Å². The van der Waals surface area contributed by atoms with Gasteiger partial charge in [-0.05, 0) is 104 Å². The lowest BCUT2D eigenvalue weighted by atomic mass is 9.62. The maximum Gasteiger partial charge on any atom is 0.360 e. The molecule has 0 radical (unpaired) electrons. The first-order valence-electron chi connectivity index (χ1n) is 14.1. The highest BCUT2D eigenvalue weighted by atomic mass is 16.4. The second-order valence-corrected chi connectivity index (χ2v) is 12.9. The van der Waals surface area contributed by atoms with Crippen LogP contribution in [0.4, 0.5) is 0 Å². The number of fused-ring (bicyclic) bond motifs is 3. The fourth-order valence-electron chi connectivity index (χ4n) is 9.52. The molecule has 0 amide bonds. The van der Waals surface area contributed by atoms with Crippen LogP contribution in [-0.2, 0) is 0 Å². The van der Waals surface area contributed by atoms with Gasteiger partial charge in [-0.25, -0.2) is 9.78 Å². The summed E-state index contributed by atoms with van der Waals surface area (Å²) in [5.74, 6) is 3.45. The highest BCUT2D eigenvalue weighted by molar-refractivity contribution is 5.88. The van der Waals surface area contributed by atoms with E-state index in [1.165, 1.54) is 57.8 Å². The fraction of sp³-hybridized carbons (Fsp3) is 0.700. The van der Waals surface area contributed by atoms with Crippen LogP contribution in [-0.4, -0.2) is 20.6 Å². The molecule has 1 spiro atoms. The molecule has 2 aromatic rings. The van der Waals surface area contributed by atoms with Crippen molar-refractivity contribution in [3.8, 4) is 0 Å². The van der Waals surface area contributed by atoms with E-state index in [0.29, 0.717) is 17.4 Å². The number of carboxylic acids is 1. The van der Waals surface area contributed by atoms with Gasteiger partial charge in [0, 0.05) is 6.04 Å². The van der Waals surface area contributed by atoms with E-state index in [2.05, 4.69) is 18.8 Å². The van der Waals surface area contributed by atoms with Gasteiger partial charge in [-0.1, -0.05) is 45.2 Å². The summed E-state index contributed by atoms with van der Waals surface area (Å²) in [5, 5.41) is 9.75. The predicted molar refractivity (Wildman–Crippen MR) is 138 cm³/mol. The van der Waals surface area contributed by atoms with Crippen molar-refractivity contribution < 1.29 is 9.90 Å². The molecule has 3 unspecified atom stereocenters. The average molecular weight is 477 g/mol. The minimum absolute atomic E-state index is 0.0503. The van der Waals surface area contributed by atoms with Gasteiger partial charge in [0.2, 0.25) is 5.69 Å². The largest absolute Gasteiger partial charge is 0.476 e. The van der Waals surface area contributed by atoms with Gasteiger partial charge >= 0.3 is 5.97 Å². The molecule has 1 aromatic heterocycles. The highest BCUT2D eigenvalue weighted by Gasteiger charge is 2.55. The van der Waals surface area contributed by atoms with Gasteiger partial charge in [0.05, 0.1) is 11.0 Å². The monoisotopic (exact) mass is 476 g/mol. The van der Waals surface area contributed by atoms with Gasteiger partial charge in [0.1, 0.15) is 0 Å². The maximum absolute atomic E-state index is 13.5. The van der Waals surface area contributed by atoms with Crippen LogP contribution in [0.2, 0.25) is 0 Å². The Bertz CT molecular complexity index is 1180. The molecule has 1 heterocycles. The Labute approximate surface area is 208 Å². The first-order chi connectivity index (χ1) is 16.8. The third kappa shape index (κ3) is 3.94. The zero-order valence-corrected chi connectivity index (χ0v) is 21.3. The third-order valence-electron chi connectivity index (χ3n) is 10.7. The lowest BCUT2D eigenvalue weighted by Gasteiger charge is -2.43. The third-order valence-corrected chi connectivity index (χ3v) is 10.7. The molecule has 4 saturated carbocycles. The molecule has 1 aromatic carbocycles. The van der Waals surface area contributed by atoms with Gasteiger partial charge in [-0.3, -0.25) is 4.79 Å². The number of aromatic nitrogens is 2. The van der Waals surface area contributed by atoms with Crippen LogP contribution in [0.5, 0.6) is 0 Å². The summed E-state index contributed by atoms with van der Waals surface area (Å²) in [6, 6.07) is 7.63. The van der Waals surface area contributed by atoms with Crippen molar-refractivity contribution in [3.63, 3.8) is 0 Å².